The van der Waals surface area contributed by atoms with Crippen molar-refractivity contribution in [3.63, 3.8) is 0 Å². The first-order chi connectivity index (χ1) is 8.54. The van der Waals surface area contributed by atoms with Gasteiger partial charge in [-0.1, -0.05) is 50.0 Å². The van der Waals surface area contributed by atoms with Crippen LogP contribution in [0.15, 0.2) is 30.3 Å². The fourth-order valence-corrected chi connectivity index (χ4v) is 6.16. The Morgan fingerprint density at radius 3 is 2.22 bits per heavy atom. The van der Waals surface area contributed by atoms with E-state index >= 15 is 0 Å². The average molecular weight is 297 g/mol. The first kappa shape index (κ1) is 14.2. The van der Waals surface area contributed by atoms with Gasteiger partial charge in [-0.3, -0.25) is 0 Å². The topological polar surface area (TPSA) is 3.01 Å². The van der Waals surface area contributed by atoms with Gasteiger partial charge in [0.25, 0.3) is 4.38 Å². The Kier molecular flexibility index (Phi) is 4.98. The fourth-order valence-electron chi connectivity index (χ4n) is 2.04. The maximum absolute atomic E-state index is 2.61. The van der Waals surface area contributed by atoms with Crippen LogP contribution in [-0.2, 0) is 6.54 Å². The van der Waals surface area contributed by atoms with Crippen LogP contribution in [0.4, 0.5) is 0 Å². The van der Waals surface area contributed by atoms with E-state index in [1.54, 1.807) is 4.38 Å². The number of hydrogen-bond donors (Lipinski definition) is 0. The van der Waals surface area contributed by atoms with Gasteiger partial charge in [0, 0.05) is 17.1 Å². The number of nitrogens with zero attached hydrogens (tertiary/aromatic N) is 1. The minimum Gasteiger partial charge on any atom is -0.218 e. The molecule has 18 heavy (non-hydrogen) atoms. The van der Waals surface area contributed by atoms with Crippen molar-refractivity contribution in [3.05, 3.63) is 35.9 Å². The number of benzene rings is 1. The van der Waals surface area contributed by atoms with E-state index < -0.39 is 8.07 Å². The summed E-state index contributed by atoms with van der Waals surface area (Å²) in [5, 5.41) is 0. The van der Waals surface area contributed by atoms with Crippen LogP contribution >= 0.6 is 23.5 Å². The van der Waals surface area contributed by atoms with Gasteiger partial charge in [0.2, 0.25) is 0 Å². The minimum atomic E-state index is -1.06. The largest absolute Gasteiger partial charge is 0.270 e. The van der Waals surface area contributed by atoms with E-state index in [1.165, 1.54) is 23.2 Å². The molecule has 1 aromatic rings. The number of thioether (sulfide) groups is 2. The van der Waals surface area contributed by atoms with Crippen molar-refractivity contribution >= 4 is 36.0 Å². The predicted octanol–water partition coefficient (Wildman–Crippen LogP) is 3.91. The van der Waals surface area contributed by atoms with E-state index in [-0.39, 0.29) is 0 Å². The van der Waals surface area contributed by atoms with Crippen molar-refractivity contribution in [3.8, 4) is 0 Å². The van der Waals surface area contributed by atoms with Gasteiger partial charge < -0.3 is 0 Å². The second-order valence-electron chi connectivity index (χ2n) is 5.87. The lowest BCUT2D eigenvalue weighted by molar-refractivity contribution is -0.523. The Balaban J connectivity index is 2.18. The second kappa shape index (κ2) is 6.31. The highest BCUT2D eigenvalue weighted by atomic mass is 32.2. The molecule has 0 spiro atoms. The summed E-state index contributed by atoms with van der Waals surface area (Å²) in [6.07, 6.45) is 1.26. The molecule has 1 nitrogen and oxygen atoms in total. The normalized spacial score (nSPS) is 16.1. The van der Waals surface area contributed by atoms with Gasteiger partial charge in [0.15, 0.2) is 6.54 Å². The van der Waals surface area contributed by atoms with Crippen LogP contribution in [0.3, 0.4) is 0 Å². The van der Waals surface area contributed by atoms with Gasteiger partial charge in [0.1, 0.15) is 14.2 Å². The molecule has 1 aliphatic rings. The molecule has 0 unspecified atom stereocenters. The summed E-state index contributed by atoms with van der Waals surface area (Å²) in [5.74, 6) is 2.55. The molecule has 1 fully saturated rings. The zero-order valence-electron chi connectivity index (χ0n) is 11.5. The smallest absolute Gasteiger partial charge is 0.218 e. The molecule has 1 aromatic carbocycles. The Morgan fingerprint density at radius 1 is 1.06 bits per heavy atom. The lowest BCUT2D eigenvalue weighted by Gasteiger charge is -2.15. The molecule has 0 bridgehead atoms. The SMILES string of the molecule is C[Si](C)(C)C[N+](Cc1ccccc1)=C1SCCS1. The second-order valence-corrected chi connectivity index (χ2v) is 13.7. The van der Waals surface area contributed by atoms with Crippen molar-refractivity contribution in [2.75, 3.05) is 17.7 Å². The maximum Gasteiger partial charge on any atom is 0.270 e. The highest BCUT2D eigenvalue weighted by molar-refractivity contribution is 8.41. The van der Waals surface area contributed by atoms with Crippen molar-refractivity contribution < 1.29 is 4.58 Å². The van der Waals surface area contributed by atoms with Gasteiger partial charge in [0.05, 0.1) is 0 Å². The van der Waals surface area contributed by atoms with Crippen LogP contribution < -0.4 is 0 Å². The van der Waals surface area contributed by atoms with Crippen molar-refractivity contribution in [2.45, 2.75) is 26.2 Å². The van der Waals surface area contributed by atoms with Crippen LogP contribution in [0.2, 0.25) is 19.6 Å². The highest BCUT2D eigenvalue weighted by Gasteiger charge is 2.27. The van der Waals surface area contributed by atoms with Crippen molar-refractivity contribution in [1.82, 2.24) is 0 Å². The van der Waals surface area contributed by atoms with E-state index in [1.807, 2.05) is 23.5 Å². The van der Waals surface area contributed by atoms with E-state index in [9.17, 15) is 0 Å². The third-order valence-electron chi connectivity index (χ3n) is 2.67. The molecule has 0 aliphatic carbocycles. The first-order valence-electron chi connectivity index (χ1n) is 6.46. The molecule has 2 rings (SSSR count). The Hall–Kier alpha value is -0.193. The molecule has 4 heteroatoms. The van der Waals surface area contributed by atoms with Gasteiger partial charge in [-0.05, 0) is 23.5 Å². The molecule has 1 saturated heterocycles. The van der Waals surface area contributed by atoms with Crippen molar-refractivity contribution in [2.24, 2.45) is 0 Å². The monoisotopic (exact) mass is 296 g/mol. The molecule has 0 saturated carbocycles. The van der Waals surface area contributed by atoms with Gasteiger partial charge in [-0.15, -0.1) is 0 Å². The van der Waals surface area contributed by atoms with E-state index in [0.717, 1.165) is 6.54 Å². The number of hydrogen-bond acceptors (Lipinski definition) is 2. The molecule has 0 amide bonds. The van der Waals surface area contributed by atoms with Crippen LogP contribution in [0.1, 0.15) is 5.56 Å². The molecule has 0 N–H and O–H groups in total. The lowest BCUT2D eigenvalue weighted by Crippen LogP contribution is -2.36. The fraction of sp³-hybridized carbons (Fsp3) is 0.500. The third-order valence-corrected chi connectivity index (χ3v) is 6.80. The molecule has 1 aliphatic heterocycles. The molecule has 98 valence electrons. The van der Waals surface area contributed by atoms with Gasteiger partial charge in [-0.25, -0.2) is 4.58 Å². The molecule has 0 radical (unpaired) electrons. The average Bonchev–Trinajstić information content (AvgIpc) is 2.81. The summed E-state index contributed by atoms with van der Waals surface area (Å²) in [5.41, 5.74) is 1.43. The summed E-state index contributed by atoms with van der Waals surface area (Å²) in [7, 11) is -1.06. The van der Waals surface area contributed by atoms with E-state index in [2.05, 4.69) is 54.5 Å². The summed E-state index contributed by atoms with van der Waals surface area (Å²) in [6, 6.07) is 10.9. The number of rotatable bonds is 4. The van der Waals surface area contributed by atoms with E-state index in [0.29, 0.717) is 0 Å². The zero-order valence-corrected chi connectivity index (χ0v) is 14.1. The van der Waals surface area contributed by atoms with Crippen LogP contribution in [0.5, 0.6) is 0 Å². The predicted molar refractivity (Wildman–Crippen MR) is 88.5 cm³/mol. The minimum absolute atomic E-state index is 1.06. The quantitative estimate of drug-likeness (QED) is 0.612. The summed E-state index contributed by atoms with van der Waals surface area (Å²) >= 11 is 4.08. The lowest BCUT2D eigenvalue weighted by atomic mass is 10.2. The van der Waals surface area contributed by atoms with Crippen LogP contribution in [-0.4, -0.2) is 34.7 Å². The highest BCUT2D eigenvalue weighted by Crippen LogP contribution is 2.27. The molecule has 0 atom stereocenters. The Morgan fingerprint density at radius 2 is 1.67 bits per heavy atom. The molecular formula is C14H22NS2Si+. The zero-order chi connectivity index (χ0) is 13.0. The molecule has 0 aromatic heterocycles. The Labute approximate surface area is 120 Å². The van der Waals surface area contributed by atoms with E-state index in [4.69, 9.17) is 0 Å². The van der Waals surface area contributed by atoms with Gasteiger partial charge >= 0.3 is 0 Å². The van der Waals surface area contributed by atoms with Gasteiger partial charge in [-0.2, -0.15) is 0 Å². The third kappa shape index (κ3) is 4.48. The van der Waals surface area contributed by atoms with Crippen LogP contribution in [0.25, 0.3) is 0 Å². The maximum atomic E-state index is 2.61. The Bertz CT molecular complexity index is 415. The molecule has 1 heterocycles. The first-order valence-corrected chi connectivity index (χ1v) is 12.1. The summed E-state index contributed by atoms with van der Waals surface area (Å²) in [4.78, 5) is 0. The van der Waals surface area contributed by atoms with Crippen LogP contribution in [0, 0.1) is 0 Å². The standard InChI is InChI=1S/C14H22NS2Si/c1-18(2,3)12-15(14-16-9-10-17-14)11-13-7-5-4-6-8-13/h4-8H,9-12H2,1-3H3/q+1. The summed E-state index contributed by atoms with van der Waals surface area (Å²) < 4.78 is 4.16. The van der Waals surface area contributed by atoms with Crippen molar-refractivity contribution in [1.29, 1.82) is 0 Å². The summed E-state index contributed by atoms with van der Waals surface area (Å²) in [6.45, 7) is 8.43. The molecular weight excluding hydrogens is 274 g/mol.